The molecular weight excluding hydrogens is 596 g/mol. The topological polar surface area (TPSA) is 120 Å². The van der Waals surface area contributed by atoms with E-state index in [0.717, 1.165) is 71.5 Å². The summed E-state index contributed by atoms with van der Waals surface area (Å²) >= 11 is 1.91. The number of thioether (sulfide) groups is 1. The van der Waals surface area contributed by atoms with Crippen molar-refractivity contribution in [2.75, 3.05) is 46.0 Å². The largest absolute Gasteiger partial charge is 0.493 e. The molecule has 3 aromatic rings. The molecule has 4 aliphatic heterocycles. The number of unbranched alkanes of at least 4 members (excludes halogenated alkanes) is 1. The SMILES string of the molecule is COc1ccc2cc3[n+](cc2c1OCCOCCNC(=O)CCCC[C@@H]1SC[C@@H]2NC(=O)N[C@@H]21)CCc1cc2c(cc1-3)OCO2. The second-order valence-corrected chi connectivity index (χ2v) is 13.0. The number of hydrogen-bond acceptors (Lipinski definition) is 8. The van der Waals surface area contributed by atoms with Crippen LogP contribution in [0.2, 0.25) is 0 Å². The third-order valence-electron chi connectivity index (χ3n) is 8.92. The second-order valence-electron chi connectivity index (χ2n) is 11.7. The van der Waals surface area contributed by atoms with E-state index in [2.05, 4.69) is 51.0 Å². The summed E-state index contributed by atoms with van der Waals surface area (Å²) in [7, 11) is 1.65. The van der Waals surface area contributed by atoms with Crippen molar-refractivity contribution in [3.63, 3.8) is 0 Å². The van der Waals surface area contributed by atoms with E-state index in [0.29, 0.717) is 49.5 Å². The van der Waals surface area contributed by atoms with Gasteiger partial charge in [0.25, 0.3) is 0 Å². The van der Waals surface area contributed by atoms with E-state index in [1.165, 1.54) is 5.56 Å². The Bertz CT molecular complexity index is 1600. The first-order valence-electron chi connectivity index (χ1n) is 15.7. The summed E-state index contributed by atoms with van der Waals surface area (Å²) in [6, 6.07) is 10.8. The molecule has 2 saturated heterocycles. The van der Waals surface area contributed by atoms with E-state index in [4.69, 9.17) is 23.7 Å². The van der Waals surface area contributed by atoms with E-state index in [1.807, 2.05) is 17.8 Å². The van der Waals surface area contributed by atoms with Crippen molar-refractivity contribution >= 4 is 34.5 Å². The lowest BCUT2D eigenvalue weighted by molar-refractivity contribution is -0.686. The number of urea groups is 1. The summed E-state index contributed by atoms with van der Waals surface area (Å²) in [4.78, 5) is 23.8. The first-order chi connectivity index (χ1) is 22.1. The number of methoxy groups -OCH3 is 1. The highest BCUT2D eigenvalue weighted by molar-refractivity contribution is 8.00. The molecule has 238 valence electrons. The van der Waals surface area contributed by atoms with Gasteiger partial charge < -0.3 is 39.6 Å². The monoisotopic (exact) mass is 635 g/mol. The van der Waals surface area contributed by atoms with E-state index in [-0.39, 0.29) is 30.8 Å². The molecule has 11 nitrogen and oxygen atoms in total. The molecule has 5 heterocycles. The number of nitrogens with one attached hydrogen (secondary N) is 3. The Morgan fingerprint density at radius 3 is 2.89 bits per heavy atom. The lowest BCUT2D eigenvalue weighted by Gasteiger charge is -2.18. The van der Waals surface area contributed by atoms with E-state index in [1.54, 1.807) is 7.11 Å². The Morgan fingerprint density at radius 1 is 1.11 bits per heavy atom. The normalized spacial score (nSPS) is 20.6. The average Bonchev–Trinajstić information content (AvgIpc) is 3.76. The highest BCUT2D eigenvalue weighted by atomic mass is 32.2. The van der Waals surface area contributed by atoms with Crippen LogP contribution in [0.3, 0.4) is 0 Å². The lowest BCUT2D eigenvalue weighted by Crippen LogP contribution is -2.40. The third kappa shape index (κ3) is 6.30. The van der Waals surface area contributed by atoms with Gasteiger partial charge in [-0.15, -0.1) is 0 Å². The fourth-order valence-electron chi connectivity index (χ4n) is 6.64. The molecule has 0 bridgehead atoms. The number of aromatic nitrogens is 1. The van der Waals surface area contributed by atoms with Gasteiger partial charge in [-0.05, 0) is 48.1 Å². The van der Waals surface area contributed by atoms with Crippen molar-refractivity contribution in [1.29, 1.82) is 0 Å². The van der Waals surface area contributed by atoms with E-state index >= 15 is 0 Å². The number of rotatable bonds is 13. The van der Waals surface area contributed by atoms with Crippen molar-refractivity contribution < 1.29 is 37.8 Å². The summed E-state index contributed by atoms with van der Waals surface area (Å²) in [6.07, 6.45) is 6.35. The minimum atomic E-state index is -0.0591. The van der Waals surface area contributed by atoms with Gasteiger partial charge in [-0.25, -0.2) is 4.79 Å². The Hall–Kier alpha value is -3.90. The molecule has 2 aromatic carbocycles. The van der Waals surface area contributed by atoms with E-state index in [9.17, 15) is 9.59 Å². The Balaban J connectivity index is 0.860. The second kappa shape index (κ2) is 13.2. The van der Waals surface area contributed by atoms with Crippen LogP contribution < -0.4 is 39.5 Å². The maximum atomic E-state index is 12.3. The summed E-state index contributed by atoms with van der Waals surface area (Å²) in [5, 5.41) is 11.4. The maximum Gasteiger partial charge on any atom is 0.315 e. The lowest BCUT2D eigenvalue weighted by atomic mass is 9.95. The van der Waals surface area contributed by atoms with Gasteiger partial charge in [0, 0.05) is 36.5 Å². The summed E-state index contributed by atoms with van der Waals surface area (Å²) in [5.41, 5.74) is 3.55. The molecule has 3 N–H and O–H groups in total. The fourth-order valence-corrected chi connectivity index (χ4v) is 8.18. The molecule has 45 heavy (non-hydrogen) atoms. The zero-order chi connectivity index (χ0) is 30.8. The first-order valence-corrected chi connectivity index (χ1v) is 16.8. The number of aryl methyl sites for hydroxylation is 2. The zero-order valence-electron chi connectivity index (χ0n) is 25.4. The van der Waals surface area contributed by atoms with E-state index < -0.39 is 0 Å². The smallest absolute Gasteiger partial charge is 0.315 e. The van der Waals surface area contributed by atoms with Crippen LogP contribution in [0.1, 0.15) is 31.2 Å². The van der Waals surface area contributed by atoms with Gasteiger partial charge in [0.15, 0.2) is 35.7 Å². The number of pyridine rings is 1. The number of benzene rings is 2. The highest BCUT2D eigenvalue weighted by Gasteiger charge is 2.42. The summed E-state index contributed by atoms with van der Waals surface area (Å²) < 4.78 is 31.1. The van der Waals surface area contributed by atoms with Crippen LogP contribution in [0.5, 0.6) is 23.0 Å². The molecule has 7 rings (SSSR count). The predicted molar refractivity (Wildman–Crippen MR) is 169 cm³/mol. The molecule has 0 saturated carbocycles. The number of carbonyl (C=O) groups is 2. The fraction of sp³-hybridized carbons (Fsp3) is 0.485. The van der Waals surface area contributed by atoms with Crippen LogP contribution in [0.15, 0.2) is 36.5 Å². The molecular formula is C33H39N4O7S+. The summed E-state index contributed by atoms with van der Waals surface area (Å²) in [5.74, 6) is 3.96. The number of amides is 3. The quantitative estimate of drug-likeness (QED) is 0.149. The predicted octanol–water partition coefficient (Wildman–Crippen LogP) is 3.33. The average molecular weight is 636 g/mol. The third-order valence-corrected chi connectivity index (χ3v) is 10.4. The zero-order valence-corrected chi connectivity index (χ0v) is 26.2. The summed E-state index contributed by atoms with van der Waals surface area (Å²) in [6.45, 7) is 2.73. The van der Waals surface area contributed by atoms with Crippen molar-refractivity contribution in [2.24, 2.45) is 0 Å². The number of carbonyl (C=O) groups excluding carboxylic acids is 2. The molecule has 0 spiro atoms. The van der Waals surface area contributed by atoms with Crippen molar-refractivity contribution in [2.45, 2.75) is 56.0 Å². The van der Waals surface area contributed by atoms with Crippen LogP contribution in [-0.4, -0.2) is 75.3 Å². The van der Waals surface area contributed by atoms with Crippen molar-refractivity contribution in [3.8, 4) is 34.3 Å². The van der Waals surface area contributed by atoms with Gasteiger partial charge in [-0.2, -0.15) is 16.3 Å². The molecule has 3 amide bonds. The minimum absolute atomic E-state index is 0.0387. The molecule has 0 radical (unpaired) electrons. The number of fused-ring (bicyclic) bond motifs is 6. The highest BCUT2D eigenvalue weighted by Crippen LogP contribution is 2.41. The van der Waals surface area contributed by atoms with Crippen LogP contribution in [0, 0.1) is 0 Å². The molecule has 4 aliphatic rings. The number of ether oxygens (including phenoxy) is 5. The Morgan fingerprint density at radius 2 is 2.00 bits per heavy atom. The van der Waals surface area contributed by atoms with Gasteiger partial charge in [-0.1, -0.05) is 6.42 Å². The van der Waals surface area contributed by atoms with Gasteiger partial charge in [-0.3, -0.25) is 4.79 Å². The number of nitrogens with zero attached hydrogens (tertiary/aromatic N) is 1. The Labute approximate surface area is 266 Å². The first kappa shape index (κ1) is 29.8. The van der Waals surface area contributed by atoms with Crippen molar-refractivity contribution in [1.82, 2.24) is 16.0 Å². The van der Waals surface area contributed by atoms with Gasteiger partial charge in [0.05, 0.1) is 43.4 Å². The van der Waals surface area contributed by atoms with Gasteiger partial charge >= 0.3 is 6.03 Å². The molecule has 1 aromatic heterocycles. The molecule has 0 unspecified atom stereocenters. The minimum Gasteiger partial charge on any atom is -0.493 e. The molecule has 2 fully saturated rings. The standard InChI is InChI=1S/C33H38N4O7S/c1-40-26-7-6-20-14-25-22-16-28-27(43-19-44-28)15-21(22)8-10-37(25)17-23(20)32(26)42-13-12-41-11-9-34-30(38)5-3-2-4-29-31-24(18-45-29)35-33(39)36-31/h6-7,14-17,24,29,31H,2-5,8-13,18-19H2,1H3,(H2-,34,35,36,38,39)/p+1/t24-,29-,31-/m0/s1. The van der Waals surface area contributed by atoms with Crippen LogP contribution >= 0.6 is 11.8 Å². The van der Waals surface area contributed by atoms with Gasteiger partial charge in [0.1, 0.15) is 6.61 Å². The molecule has 12 heteroatoms. The van der Waals surface area contributed by atoms with Crippen LogP contribution in [-0.2, 0) is 22.5 Å². The molecule has 0 aliphatic carbocycles. The number of hydrogen-bond donors (Lipinski definition) is 3. The van der Waals surface area contributed by atoms with Crippen molar-refractivity contribution in [3.05, 3.63) is 42.1 Å². The van der Waals surface area contributed by atoms with Crippen LogP contribution in [0.4, 0.5) is 4.79 Å². The van der Waals surface area contributed by atoms with Gasteiger partial charge in [0.2, 0.25) is 18.4 Å². The molecule has 3 atom stereocenters. The maximum absolute atomic E-state index is 12.3. The Kier molecular flexibility index (Phi) is 8.75. The van der Waals surface area contributed by atoms with Crippen LogP contribution in [0.25, 0.3) is 22.0 Å².